The Morgan fingerprint density at radius 1 is 1.19 bits per heavy atom. The van der Waals surface area contributed by atoms with Crippen LogP contribution >= 0.6 is 0 Å². The van der Waals surface area contributed by atoms with Crippen LogP contribution in [0, 0.1) is 5.82 Å². The number of benzene rings is 1. The molecule has 0 saturated heterocycles. The first kappa shape index (κ1) is 19.4. The van der Waals surface area contributed by atoms with Crippen molar-refractivity contribution < 1.29 is 17.6 Å². The zero-order valence-corrected chi connectivity index (χ0v) is 16.3. The monoisotopic (exact) mass is 391 g/mol. The van der Waals surface area contributed by atoms with Gasteiger partial charge >= 0.3 is 0 Å². The van der Waals surface area contributed by atoms with Crippen molar-refractivity contribution in [3.63, 3.8) is 0 Å². The quantitative estimate of drug-likeness (QED) is 0.867. The first-order valence-electron chi connectivity index (χ1n) is 8.65. The van der Waals surface area contributed by atoms with Crippen molar-refractivity contribution in [2.45, 2.75) is 37.9 Å². The summed E-state index contributed by atoms with van der Waals surface area (Å²) in [5.74, 6) is -0.887. The molecule has 1 aromatic carbocycles. The standard InChI is InChI=1S/C19H22FN3O3S/c1-11(12(2)27(21,25)26)14-6-15(10-22-9-14)16-7-13-4-5-19(24)23(3)18(13)8-17(16)20/h6-12H,4-5H2,1-3H3,(H2,21,25,26). The number of hydrogen-bond donors (Lipinski definition) is 1. The summed E-state index contributed by atoms with van der Waals surface area (Å²) in [7, 11) is -2.06. The lowest BCUT2D eigenvalue weighted by atomic mass is 9.93. The van der Waals surface area contributed by atoms with Crippen LogP contribution in [0.1, 0.15) is 37.3 Å². The maximum Gasteiger partial charge on any atom is 0.227 e. The van der Waals surface area contributed by atoms with Crippen LogP contribution < -0.4 is 10.0 Å². The highest BCUT2D eigenvalue weighted by Crippen LogP contribution is 2.34. The van der Waals surface area contributed by atoms with Gasteiger partial charge in [-0.3, -0.25) is 9.78 Å². The number of nitrogens with two attached hydrogens (primary N) is 1. The van der Waals surface area contributed by atoms with Gasteiger partial charge in [0.25, 0.3) is 0 Å². The van der Waals surface area contributed by atoms with E-state index in [-0.39, 0.29) is 5.91 Å². The normalized spacial score (nSPS) is 16.8. The Balaban J connectivity index is 2.02. The number of rotatable bonds is 4. The summed E-state index contributed by atoms with van der Waals surface area (Å²) in [6.45, 7) is 3.29. The second-order valence-electron chi connectivity index (χ2n) is 7.00. The lowest BCUT2D eigenvalue weighted by Crippen LogP contribution is -2.31. The molecule has 1 aliphatic rings. The molecule has 144 valence electrons. The van der Waals surface area contributed by atoms with E-state index in [1.165, 1.54) is 11.0 Å². The zero-order valence-electron chi connectivity index (χ0n) is 15.4. The summed E-state index contributed by atoms with van der Waals surface area (Å²) >= 11 is 0. The molecule has 0 saturated carbocycles. The molecule has 1 amide bonds. The van der Waals surface area contributed by atoms with Crippen molar-refractivity contribution in [1.82, 2.24) is 4.98 Å². The van der Waals surface area contributed by atoms with Crippen LogP contribution in [0.25, 0.3) is 11.1 Å². The van der Waals surface area contributed by atoms with Crippen LogP contribution in [-0.4, -0.2) is 31.6 Å². The van der Waals surface area contributed by atoms with E-state index in [0.717, 1.165) is 5.56 Å². The van der Waals surface area contributed by atoms with Crippen molar-refractivity contribution in [2.75, 3.05) is 11.9 Å². The molecule has 3 rings (SSSR count). The Kier molecular flexibility index (Phi) is 5.05. The second-order valence-corrected chi connectivity index (χ2v) is 8.92. The number of aryl methyl sites for hydroxylation is 1. The maximum absolute atomic E-state index is 14.8. The fourth-order valence-corrected chi connectivity index (χ4v) is 4.02. The third-order valence-corrected chi connectivity index (χ3v) is 6.78. The Bertz CT molecular complexity index is 1010. The number of carbonyl (C=O) groups excluding carboxylic acids is 1. The number of aromatic nitrogens is 1. The van der Waals surface area contributed by atoms with Crippen LogP contribution in [-0.2, 0) is 21.2 Å². The topological polar surface area (TPSA) is 93.4 Å². The lowest BCUT2D eigenvalue weighted by molar-refractivity contribution is -0.118. The minimum atomic E-state index is -3.70. The van der Waals surface area contributed by atoms with E-state index in [9.17, 15) is 17.6 Å². The smallest absolute Gasteiger partial charge is 0.227 e. The average Bonchev–Trinajstić information content (AvgIpc) is 2.63. The molecule has 27 heavy (non-hydrogen) atoms. The van der Waals surface area contributed by atoms with Crippen LogP contribution in [0.15, 0.2) is 30.6 Å². The van der Waals surface area contributed by atoms with E-state index in [4.69, 9.17) is 5.14 Å². The van der Waals surface area contributed by atoms with E-state index >= 15 is 0 Å². The average molecular weight is 391 g/mol. The highest BCUT2D eigenvalue weighted by Gasteiger charge is 2.26. The number of anilines is 1. The van der Waals surface area contributed by atoms with Crippen LogP contribution in [0.5, 0.6) is 0 Å². The number of pyridine rings is 1. The minimum absolute atomic E-state index is 0.0379. The van der Waals surface area contributed by atoms with Gasteiger partial charge in [0.05, 0.1) is 5.25 Å². The number of sulfonamides is 1. The third kappa shape index (κ3) is 3.72. The molecule has 0 radical (unpaired) electrons. The summed E-state index contributed by atoms with van der Waals surface area (Å²) in [5.41, 5.74) is 3.07. The molecule has 2 N–H and O–H groups in total. The van der Waals surface area contributed by atoms with E-state index in [1.807, 2.05) is 0 Å². The van der Waals surface area contributed by atoms with Crippen LogP contribution in [0.3, 0.4) is 0 Å². The molecule has 2 atom stereocenters. The van der Waals surface area contributed by atoms with Crippen LogP contribution in [0.2, 0.25) is 0 Å². The Hall–Kier alpha value is -2.32. The zero-order chi connectivity index (χ0) is 19.9. The largest absolute Gasteiger partial charge is 0.315 e. The van der Waals surface area contributed by atoms with Crippen LogP contribution in [0.4, 0.5) is 10.1 Å². The van der Waals surface area contributed by atoms with Crippen molar-refractivity contribution in [2.24, 2.45) is 5.14 Å². The lowest BCUT2D eigenvalue weighted by Gasteiger charge is -2.26. The van der Waals surface area contributed by atoms with Crippen molar-refractivity contribution in [1.29, 1.82) is 0 Å². The molecule has 6 nitrogen and oxygen atoms in total. The van der Waals surface area contributed by atoms with Gasteiger partial charge in [0.2, 0.25) is 15.9 Å². The predicted octanol–water partition coefficient (Wildman–Crippen LogP) is 2.58. The summed E-state index contributed by atoms with van der Waals surface area (Å²) in [5, 5.41) is 4.46. The fourth-order valence-electron chi connectivity index (χ4n) is 3.29. The Morgan fingerprint density at radius 3 is 2.56 bits per heavy atom. The predicted molar refractivity (Wildman–Crippen MR) is 102 cm³/mol. The van der Waals surface area contributed by atoms with Gasteiger partial charge in [0.15, 0.2) is 0 Å². The van der Waals surface area contributed by atoms with Crippen molar-refractivity contribution in [3.8, 4) is 11.1 Å². The van der Waals surface area contributed by atoms with Crippen molar-refractivity contribution >= 4 is 21.6 Å². The van der Waals surface area contributed by atoms with E-state index < -0.39 is 27.0 Å². The number of primary sulfonamides is 1. The van der Waals surface area contributed by atoms with E-state index in [1.54, 1.807) is 45.4 Å². The van der Waals surface area contributed by atoms with Gasteiger partial charge < -0.3 is 4.90 Å². The van der Waals surface area contributed by atoms with E-state index in [0.29, 0.717) is 35.2 Å². The van der Waals surface area contributed by atoms with Gasteiger partial charge in [-0.15, -0.1) is 0 Å². The number of halogens is 1. The Labute approximate surface area is 158 Å². The van der Waals surface area contributed by atoms with Gasteiger partial charge in [-0.1, -0.05) is 6.92 Å². The summed E-state index contributed by atoms with van der Waals surface area (Å²) in [6.07, 6.45) is 4.05. The Morgan fingerprint density at radius 2 is 1.89 bits per heavy atom. The number of carbonyl (C=O) groups is 1. The van der Waals surface area contributed by atoms with Gasteiger partial charge in [0.1, 0.15) is 5.82 Å². The highest BCUT2D eigenvalue weighted by molar-refractivity contribution is 7.89. The molecule has 2 heterocycles. The minimum Gasteiger partial charge on any atom is -0.315 e. The molecule has 2 unspecified atom stereocenters. The van der Waals surface area contributed by atoms with Gasteiger partial charge in [-0.25, -0.2) is 17.9 Å². The van der Waals surface area contributed by atoms with Gasteiger partial charge in [0, 0.05) is 48.6 Å². The second kappa shape index (κ2) is 7.01. The summed E-state index contributed by atoms with van der Waals surface area (Å²) in [6, 6.07) is 4.84. The third-order valence-electron chi connectivity index (χ3n) is 5.33. The number of nitrogens with zero attached hydrogens (tertiary/aromatic N) is 2. The number of amides is 1. The van der Waals surface area contributed by atoms with Crippen molar-refractivity contribution in [3.05, 3.63) is 47.5 Å². The molecule has 8 heteroatoms. The molecule has 0 aliphatic carbocycles. The fraction of sp³-hybridized carbons (Fsp3) is 0.368. The molecule has 1 aromatic heterocycles. The van der Waals surface area contributed by atoms with Gasteiger partial charge in [-0.05, 0) is 42.7 Å². The first-order chi connectivity index (χ1) is 12.6. The summed E-state index contributed by atoms with van der Waals surface area (Å²) < 4.78 is 38.0. The first-order valence-corrected chi connectivity index (χ1v) is 10.3. The molecular weight excluding hydrogens is 369 g/mol. The van der Waals surface area contributed by atoms with E-state index in [2.05, 4.69) is 4.98 Å². The SMILES string of the molecule is CC(c1cncc(-c2cc3c(cc2F)N(C)C(=O)CC3)c1)C(C)S(N)(=O)=O. The highest BCUT2D eigenvalue weighted by atomic mass is 32.2. The molecule has 0 fully saturated rings. The molecule has 0 bridgehead atoms. The number of fused-ring (bicyclic) bond motifs is 1. The maximum atomic E-state index is 14.8. The molecular formula is C19H22FN3O3S. The van der Waals surface area contributed by atoms with Gasteiger partial charge in [-0.2, -0.15) is 0 Å². The summed E-state index contributed by atoms with van der Waals surface area (Å²) in [4.78, 5) is 17.4. The molecule has 2 aromatic rings. The molecule has 0 spiro atoms. The molecule has 1 aliphatic heterocycles. The number of hydrogen-bond acceptors (Lipinski definition) is 4.